The van der Waals surface area contributed by atoms with Crippen LogP contribution in [0.3, 0.4) is 0 Å². The molecule has 0 aliphatic carbocycles. The molecule has 0 aliphatic rings. The summed E-state index contributed by atoms with van der Waals surface area (Å²) in [6.45, 7) is 4.23. The van der Waals surface area contributed by atoms with Crippen LogP contribution in [-0.2, 0) is 16.6 Å². The predicted octanol–water partition coefficient (Wildman–Crippen LogP) is 2.98. The van der Waals surface area contributed by atoms with Gasteiger partial charge in [0.05, 0.1) is 16.3 Å². The zero-order valence-corrected chi connectivity index (χ0v) is 17.3. The van der Waals surface area contributed by atoms with E-state index >= 15 is 0 Å². The highest BCUT2D eigenvalue weighted by Crippen LogP contribution is 2.30. The summed E-state index contributed by atoms with van der Waals surface area (Å²) in [6, 6.07) is 11.8. The van der Waals surface area contributed by atoms with Gasteiger partial charge in [0.25, 0.3) is 0 Å². The van der Waals surface area contributed by atoms with E-state index in [1.807, 2.05) is 36.6 Å². The molecule has 2 heterocycles. The first-order valence-electron chi connectivity index (χ1n) is 9.23. The van der Waals surface area contributed by atoms with E-state index in [-0.39, 0.29) is 10.6 Å². The molecular weight excluding hydrogens is 402 g/mol. The number of hydrogen-bond acceptors (Lipinski definition) is 6. The Morgan fingerprint density at radius 2 is 1.87 bits per heavy atom. The van der Waals surface area contributed by atoms with Crippen molar-refractivity contribution in [3.8, 4) is 17.0 Å². The number of aromatic hydroxyl groups is 1. The maximum Gasteiger partial charge on any atom is 0.238 e. The van der Waals surface area contributed by atoms with E-state index in [0.29, 0.717) is 18.0 Å². The number of sulfonamides is 1. The van der Waals surface area contributed by atoms with E-state index in [0.717, 1.165) is 28.1 Å². The Kier molecular flexibility index (Phi) is 4.92. The zero-order chi connectivity index (χ0) is 21.5. The highest BCUT2D eigenvalue weighted by molar-refractivity contribution is 7.89. The standard InChI is InChI=1S/C21H21N5O3S/c1-13-11-16(5-8-18(13)27)19-14(2)25-21-20(23-9-10-26(19)21)24-12-15-3-6-17(7-4-15)30(22,28)29/h3-11,27H,12H2,1-2H3,(H,23,24)(H2,22,28,29). The average Bonchev–Trinajstić information content (AvgIpc) is 3.04. The molecule has 0 saturated carbocycles. The van der Waals surface area contributed by atoms with Crippen molar-refractivity contribution in [2.45, 2.75) is 25.3 Å². The van der Waals surface area contributed by atoms with Crippen LogP contribution in [-0.4, -0.2) is 27.9 Å². The fraction of sp³-hybridized carbons (Fsp3) is 0.143. The van der Waals surface area contributed by atoms with Gasteiger partial charge in [0.1, 0.15) is 5.75 Å². The summed E-state index contributed by atoms with van der Waals surface area (Å²) < 4.78 is 24.7. The van der Waals surface area contributed by atoms with Crippen LogP contribution in [0, 0.1) is 13.8 Å². The minimum atomic E-state index is -3.71. The van der Waals surface area contributed by atoms with Crippen molar-refractivity contribution in [3.63, 3.8) is 0 Å². The molecule has 0 fully saturated rings. The SMILES string of the molecule is Cc1cc(-c2c(C)nc3c(NCc4ccc(S(N)(=O)=O)cc4)nccn23)ccc1O. The molecule has 0 spiro atoms. The predicted molar refractivity (Wildman–Crippen MR) is 115 cm³/mol. The molecule has 0 atom stereocenters. The van der Waals surface area contributed by atoms with Gasteiger partial charge in [0.2, 0.25) is 10.0 Å². The van der Waals surface area contributed by atoms with Gasteiger partial charge in [-0.05, 0) is 55.3 Å². The lowest BCUT2D eigenvalue weighted by Gasteiger charge is -2.09. The number of nitrogens with zero attached hydrogens (tertiary/aromatic N) is 3. The molecule has 0 amide bonds. The number of imidazole rings is 1. The molecule has 4 aromatic rings. The van der Waals surface area contributed by atoms with Crippen LogP contribution in [0.25, 0.3) is 16.9 Å². The summed E-state index contributed by atoms with van der Waals surface area (Å²) in [7, 11) is -3.71. The molecule has 4 rings (SSSR count). The normalized spacial score (nSPS) is 11.7. The number of nitrogens with two attached hydrogens (primary N) is 1. The summed E-state index contributed by atoms with van der Waals surface area (Å²) in [6.07, 6.45) is 3.54. The highest BCUT2D eigenvalue weighted by atomic mass is 32.2. The Morgan fingerprint density at radius 3 is 2.53 bits per heavy atom. The van der Waals surface area contributed by atoms with E-state index in [1.165, 1.54) is 12.1 Å². The Morgan fingerprint density at radius 1 is 1.13 bits per heavy atom. The number of aryl methyl sites for hydroxylation is 2. The number of anilines is 1. The largest absolute Gasteiger partial charge is 0.508 e. The van der Waals surface area contributed by atoms with Crippen molar-refractivity contribution in [1.82, 2.24) is 14.4 Å². The van der Waals surface area contributed by atoms with Gasteiger partial charge in [-0.1, -0.05) is 12.1 Å². The van der Waals surface area contributed by atoms with E-state index in [9.17, 15) is 13.5 Å². The van der Waals surface area contributed by atoms with Gasteiger partial charge in [0, 0.05) is 24.5 Å². The van der Waals surface area contributed by atoms with Crippen molar-refractivity contribution in [2.75, 3.05) is 5.32 Å². The second kappa shape index (κ2) is 7.43. The number of fused-ring (bicyclic) bond motifs is 1. The van der Waals surface area contributed by atoms with Gasteiger partial charge in [-0.2, -0.15) is 0 Å². The highest BCUT2D eigenvalue weighted by Gasteiger charge is 2.15. The Balaban J connectivity index is 1.65. The maximum absolute atomic E-state index is 11.4. The van der Waals surface area contributed by atoms with Crippen LogP contribution in [0.15, 0.2) is 59.8 Å². The Labute approximate surface area is 174 Å². The molecule has 2 aromatic carbocycles. The summed E-state index contributed by atoms with van der Waals surface area (Å²) in [5.74, 6) is 0.862. The fourth-order valence-electron chi connectivity index (χ4n) is 3.35. The smallest absolute Gasteiger partial charge is 0.238 e. The van der Waals surface area contributed by atoms with Gasteiger partial charge in [-0.25, -0.2) is 23.5 Å². The number of phenols is 1. The zero-order valence-electron chi connectivity index (χ0n) is 16.5. The first-order valence-corrected chi connectivity index (χ1v) is 10.8. The van der Waals surface area contributed by atoms with Crippen molar-refractivity contribution in [2.24, 2.45) is 5.14 Å². The Bertz CT molecular complexity index is 1350. The minimum Gasteiger partial charge on any atom is -0.508 e. The van der Waals surface area contributed by atoms with Gasteiger partial charge in [-0.15, -0.1) is 0 Å². The molecule has 154 valence electrons. The number of primary sulfonamides is 1. The molecule has 9 heteroatoms. The first-order chi connectivity index (χ1) is 14.2. The van der Waals surface area contributed by atoms with Crippen LogP contribution in [0.1, 0.15) is 16.8 Å². The minimum absolute atomic E-state index is 0.0733. The number of aromatic nitrogens is 3. The van der Waals surface area contributed by atoms with E-state index < -0.39 is 10.0 Å². The van der Waals surface area contributed by atoms with Crippen LogP contribution in [0.4, 0.5) is 5.82 Å². The second-order valence-corrected chi connectivity index (χ2v) is 8.62. The van der Waals surface area contributed by atoms with Gasteiger partial charge < -0.3 is 10.4 Å². The van der Waals surface area contributed by atoms with Crippen molar-refractivity contribution >= 4 is 21.5 Å². The summed E-state index contributed by atoms with van der Waals surface area (Å²) in [5.41, 5.74) is 5.06. The number of phenolic OH excluding ortho intramolecular Hbond substituents is 1. The van der Waals surface area contributed by atoms with E-state index in [2.05, 4.69) is 15.3 Å². The molecule has 0 radical (unpaired) electrons. The summed E-state index contributed by atoms with van der Waals surface area (Å²) in [4.78, 5) is 9.16. The summed E-state index contributed by atoms with van der Waals surface area (Å²) >= 11 is 0. The topological polar surface area (TPSA) is 123 Å². The van der Waals surface area contributed by atoms with Crippen LogP contribution >= 0.6 is 0 Å². The molecule has 30 heavy (non-hydrogen) atoms. The monoisotopic (exact) mass is 423 g/mol. The third-order valence-electron chi connectivity index (χ3n) is 4.90. The second-order valence-electron chi connectivity index (χ2n) is 7.06. The lowest BCUT2D eigenvalue weighted by molar-refractivity contribution is 0.471. The van der Waals surface area contributed by atoms with Crippen LogP contribution in [0.2, 0.25) is 0 Å². The number of benzene rings is 2. The third-order valence-corrected chi connectivity index (χ3v) is 5.83. The lowest BCUT2D eigenvalue weighted by Crippen LogP contribution is -2.12. The van der Waals surface area contributed by atoms with E-state index in [1.54, 1.807) is 24.4 Å². The number of hydrogen-bond donors (Lipinski definition) is 3. The molecule has 0 unspecified atom stereocenters. The molecule has 4 N–H and O–H groups in total. The third kappa shape index (κ3) is 3.72. The van der Waals surface area contributed by atoms with Crippen LogP contribution < -0.4 is 10.5 Å². The molecular formula is C21H21N5O3S. The van der Waals surface area contributed by atoms with Crippen molar-refractivity contribution in [3.05, 3.63) is 71.7 Å². The number of rotatable bonds is 5. The molecule has 8 nitrogen and oxygen atoms in total. The van der Waals surface area contributed by atoms with Crippen molar-refractivity contribution < 1.29 is 13.5 Å². The van der Waals surface area contributed by atoms with Gasteiger partial charge in [0.15, 0.2) is 11.5 Å². The van der Waals surface area contributed by atoms with Crippen molar-refractivity contribution in [1.29, 1.82) is 0 Å². The first kappa shape index (κ1) is 19.9. The molecule has 2 aromatic heterocycles. The summed E-state index contributed by atoms with van der Waals surface area (Å²) in [5, 5.41) is 18.2. The van der Waals surface area contributed by atoms with Crippen LogP contribution in [0.5, 0.6) is 5.75 Å². The molecule has 0 saturated heterocycles. The Hall–Kier alpha value is -3.43. The number of nitrogens with one attached hydrogen (secondary N) is 1. The van der Waals surface area contributed by atoms with Gasteiger partial charge >= 0.3 is 0 Å². The maximum atomic E-state index is 11.4. The molecule has 0 aliphatic heterocycles. The van der Waals surface area contributed by atoms with E-state index in [4.69, 9.17) is 5.14 Å². The average molecular weight is 423 g/mol. The molecule has 0 bridgehead atoms. The lowest BCUT2D eigenvalue weighted by atomic mass is 10.1. The quantitative estimate of drug-likeness (QED) is 0.454. The fourth-order valence-corrected chi connectivity index (χ4v) is 3.86. The van der Waals surface area contributed by atoms with Gasteiger partial charge in [-0.3, -0.25) is 4.40 Å².